The topological polar surface area (TPSA) is 59.1 Å². The second-order valence-corrected chi connectivity index (χ2v) is 5.11. The SMILES string of the molecule is CCNc1ncnc(NCC(C)COC)c1C(C)C. The number of nitrogens with one attached hydrogen (secondary N) is 2. The molecule has 2 N–H and O–H groups in total. The van der Waals surface area contributed by atoms with Crippen LogP contribution in [-0.4, -0.2) is 36.8 Å². The van der Waals surface area contributed by atoms with E-state index >= 15 is 0 Å². The molecule has 1 aromatic heterocycles. The van der Waals surface area contributed by atoms with E-state index in [1.165, 1.54) is 0 Å². The Kier molecular flexibility index (Phi) is 6.56. The number of anilines is 2. The van der Waals surface area contributed by atoms with Gasteiger partial charge in [-0.1, -0.05) is 20.8 Å². The molecular formula is C14H26N4O. The highest BCUT2D eigenvalue weighted by Crippen LogP contribution is 2.28. The van der Waals surface area contributed by atoms with E-state index in [0.29, 0.717) is 11.8 Å². The first kappa shape index (κ1) is 15.7. The van der Waals surface area contributed by atoms with E-state index < -0.39 is 0 Å². The van der Waals surface area contributed by atoms with Crippen LogP contribution in [0.4, 0.5) is 11.6 Å². The van der Waals surface area contributed by atoms with Crippen LogP contribution < -0.4 is 10.6 Å². The van der Waals surface area contributed by atoms with E-state index in [1.54, 1.807) is 13.4 Å². The molecule has 1 aromatic rings. The van der Waals surface area contributed by atoms with Gasteiger partial charge in [0, 0.05) is 25.8 Å². The molecule has 0 amide bonds. The zero-order valence-corrected chi connectivity index (χ0v) is 12.7. The molecule has 0 radical (unpaired) electrons. The molecule has 5 nitrogen and oxygen atoms in total. The summed E-state index contributed by atoms with van der Waals surface area (Å²) < 4.78 is 5.15. The summed E-state index contributed by atoms with van der Waals surface area (Å²) in [5, 5.41) is 6.70. The quantitative estimate of drug-likeness (QED) is 0.757. The fourth-order valence-corrected chi connectivity index (χ4v) is 2.01. The first-order valence-corrected chi connectivity index (χ1v) is 6.91. The Morgan fingerprint density at radius 3 is 2.32 bits per heavy atom. The van der Waals surface area contributed by atoms with Crippen LogP contribution in [0.2, 0.25) is 0 Å². The highest BCUT2D eigenvalue weighted by molar-refractivity contribution is 5.58. The van der Waals surface area contributed by atoms with Crippen LogP contribution in [0.15, 0.2) is 6.33 Å². The molecule has 1 unspecified atom stereocenters. The number of hydrogen-bond donors (Lipinski definition) is 2. The van der Waals surface area contributed by atoms with Crippen LogP contribution in [0, 0.1) is 5.92 Å². The summed E-state index contributed by atoms with van der Waals surface area (Å²) >= 11 is 0. The van der Waals surface area contributed by atoms with E-state index in [0.717, 1.165) is 36.9 Å². The Labute approximate surface area is 116 Å². The van der Waals surface area contributed by atoms with Crippen molar-refractivity contribution in [2.45, 2.75) is 33.6 Å². The van der Waals surface area contributed by atoms with Crippen molar-refractivity contribution < 1.29 is 4.74 Å². The van der Waals surface area contributed by atoms with Crippen molar-refractivity contribution in [3.63, 3.8) is 0 Å². The molecule has 0 aliphatic carbocycles. The van der Waals surface area contributed by atoms with Gasteiger partial charge in [0.1, 0.15) is 18.0 Å². The van der Waals surface area contributed by atoms with Crippen LogP contribution in [0.25, 0.3) is 0 Å². The van der Waals surface area contributed by atoms with Crippen molar-refractivity contribution in [1.82, 2.24) is 9.97 Å². The largest absolute Gasteiger partial charge is 0.384 e. The van der Waals surface area contributed by atoms with Gasteiger partial charge in [0.25, 0.3) is 0 Å². The lowest BCUT2D eigenvalue weighted by Gasteiger charge is -2.19. The maximum absolute atomic E-state index is 5.15. The molecule has 1 heterocycles. The number of ether oxygens (including phenoxy) is 1. The molecule has 0 bridgehead atoms. The average molecular weight is 266 g/mol. The molecule has 19 heavy (non-hydrogen) atoms. The van der Waals surface area contributed by atoms with E-state index in [2.05, 4.69) is 48.3 Å². The number of methoxy groups -OCH3 is 1. The Morgan fingerprint density at radius 1 is 1.16 bits per heavy atom. The van der Waals surface area contributed by atoms with Gasteiger partial charge in [-0.2, -0.15) is 0 Å². The predicted octanol–water partition coefficient (Wildman–Crippen LogP) is 2.73. The van der Waals surface area contributed by atoms with Gasteiger partial charge in [-0.15, -0.1) is 0 Å². The van der Waals surface area contributed by atoms with Crippen LogP contribution in [0.1, 0.15) is 39.2 Å². The summed E-state index contributed by atoms with van der Waals surface area (Å²) in [6.45, 7) is 11.0. The summed E-state index contributed by atoms with van der Waals surface area (Å²) in [6, 6.07) is 0. The van der Waals surface area contributed by atoms with Crippen LogP contribution >= 0.6 is 0 Å². The third kappa shape index (κ3) is 4.67. The zero-order valence-electron chi connectivity index (χ0n) is 12.7. The molecule has 0 saturated carbocycles. The molecule has 1 rings (SSSR count). The number of rotatable bonds is 8. The van der Waals surface area contributed by atoms with Crippen LogP contribution in [0.5, 0.6) is 0 Å². The first-order valence-electron chi connectivity index (χ1n) is 6.91. The molecule has 0 saturated heterocycles. The summed E-state index contributed by atoms with van der Waals surface area (Å²) in [5.41, 5.74) is 1.15. The maximum Gasteiger partial charge on any atom is 0.134 e. The highest BCUT2D eigenvalue weighted by Gasteiger charge is 2.14. The molecule has 1 atom stereocenters. The summed E-state index contributed by atoms with van der Waals surface area (Å²) in [4.78, 5) is 8.70. The highest BCUT2D eigenvalue weighted by atomic mass is 16.5. The molecule has 108 valence electrons. The summed E-state index contributed by atoms with van der Waals surface area (Å²) in [5.74, 6) is 2.66. The molecule has 0 spiro atoms. The second-order valence-electron chi connectivity index (χ2n) is 5.11. The maximum atomic E-state index is 5.15. The van der Waals surface area contributed by atoms with Crippen LogP contribution in [0.3, 0.4) is 0 Å². The molecule has 0 fully saturated rings. The molecule has 0 aliphatic rings. The van der Waals surface area contributed by atoms with E-state index in [1.807, 2.05) is 0 Å². The molecule has 0 aliphatic heterocycles. The van der Waals surface area contributed by atoms with Crippen molar-refractivity contribution in [2.75, 3.05) is 37.4 Å². The van der Waals surface area contributed by atoms with Gasteiger partial charge >= 0.3 is 0 Å². The molecular weight excluding hydrogens is 240 g/mol. The smallest absolute Gasteiger partial charge is 0.134 e. The van der Waals surface area contributed by atoms with Crippen LogP contribution in [-0.2, 0) is 4.74 Å². The fourth-order valence-electron chi connectivity index (χ4n) is 2.01. The van der Waals surface area contributed by atoms with Gasteiger partial charge in [-0.05, 0) is 18.8 Å². The minimum absolute atomic E-state index is 0.371. The summed E-state index contributed by atoms with van der Waals surface area (Å²) in [7, 11) is 1.73. The first-order chi connectivity index (χ1) is 9.10. The Balaban J connectivity index is 2.84. The fraction of sp³-hybridized carbons (Fsp3) is 0.714. The normalized spacial score (nSPS) is 12.5. The van der Waals surface area contributed by atoms with Gasteiger partial charge in [0.05, 0.1) is 6.61 Å². The standard InChI is InChI=1S/C14H26N4O/c1-6-15-13-12(10(2)3)14(18-9-17-13)16-7-11(4)8-19-5/h9-11H,6-8H2,1-5H3,(H2,15,16,17,18). The Hall–Kier alpha value is -1.36. The second kappa shape index (κ2) is 7.94. The van der Waals surface area contributed by atoms with E-state index in [-0.39, 0.29) is 0 Å². The van der Waals surface area contributed by atoms with Gasteiger partial charge in [-0.3, -0.25) is 0 Å². The summed E-state index contributed by atoms with van der Waals surface area (Å²) in [6.07, 6.45) is 1.60. The number of nitrogens with zero attached hydrogens (tertiary/aromatic N) is 2. The van der Waals surface area contributed by atoms with E-state index in [9.17, 15) is 0 Å². The minimum atomic E-state index is 0.371. The van der Waals surface area contributed by atoms with Gasteiger partial charge in [0.2, 0.25) is 0 Å². The third-order valence-electron chi connectivity index (χ3n) is 2.87. The van der Waals surface area contributed by atoms with Crippen molar-refractivity contribution in [2.24, 2.45) is 5.92 Å². The predicted molar refractivity (Wildman–Crippen MR) is 79.8 cm³/mol. The van der Waals surface area contributed by atoms with Crippen molar-refractivity contribution in [1.29, 1.82) is 0 Å². The Bertz CT molecular complexity index is 382. The van der Waals surface area contributed by atoms with Crippen molar-refractivity contribution in [3.05, 3.63) is 11.9 Å². The lowest BCUT2D eigenvalue weighted by molar-refractivity contribution is 0.164. The van der Waals surface area contributed by atoms with Gasteiger partial charge in [0.15, 0.2) is 0 Å². The zero-order chi connectivity index (χ0) is 14.3. The number of aromatic nitrogens is 2. The molecule has 0 aromatic carbocycles. The molecule has 5 heteroatoms. The minimum Gasteiger partial charge on any atom is -0.384 e. The monoisotopic (exact) mass is 266 g/mol. The third-order valence-corrected chi connectivity index (χ3v) is 2.87. The van der Waals surface area contributed by atoms with E-state index in [4.69, 9.17) is 4.74 Å². The lowest BCUT2D eigenvalue weighted by atomic mass is 10.0. The number of hydrogen-bond acceptors (Lipinski definition) is 5. The van der Waals surface area contributed by atoms with Gasteiger partial charge < -0.3 is 15.4 Å². The van der Waals surface area contributed by atoms with Crippen molar-refractivity contribution >= 4 is 11.6 Å². The average Bonchev–Trinajstić information content (AvgIpc) is 2.37. The Morgan fingerprint density at radius 2 is 1.79 bits per heavy atom. The lowest BCUT2D eigenvalue weighted by Crippen LogP contribution is -2.18. The van der Waals surface area contributed by atoms with Gasteiger partial charge in [-0.25, -0.2) is 9.97 Å². The van der Waals surface area contributed by atoms with Crippen molar-refractivity contribution in [3.8, 4) is 0 Å².